The summed E-state index contributed by atoms with van der Waals surface area (Å²) in [6, 6.07) is 3.15. The number of carbonyl (C=O) groups excluding carboxylic acids is 1. The molecule has 0 bridgehead atoms. The fourth-order valence-electron chi connectivity index (χ4n) is 1.35. The maximum absolute atomic E-state index is 11.6. The molecular formula is C12H11BrClNO6. The van der Waals surface area contributed by atoms with E-state index in [-0.39, 0.29) is 0 Å². The third kappa shape index (κ3) is 6.01. The predicted octanol–water partition coefficient (Wildman–Crippen LogP) is 1.53. The molecule has 0 fully saturated rings. The highest BCUT2D eigenvalue weighted by molar-refractivity contribution is 9.10. The normalized spacial score (nSPS) is 11.5. The van der Waals surface area contributed by atoms with Crippen molar-refractivity contribution in [1.29, 1.82) is 0 Å². The van der Waals surface area contributed by atoms with E-state index in [1.54, 1.807) is 12.1 Å². The summed E-state index contributed by atoms with van der Waals surface area (Å²) in [4.78, 5) is 32.8. The molecule has 0 aliphatic rings. The fraction of sp³-hybridized carbons (Fsp3) is 0.250. The molecule has 0 aliphatic carbocycles. The Labute approximate surface area is 133 Å². The minimum absolute atomic E-state index is 0.347. The van der Waals surface area contributed by atoms with Crippen LogP contribution in [0.25, 0.3) is 0 Å². The van der Waals surface area contributed by atoms with Crippen LogP contribution in [0.15, 0.2) is 22.7 Å². The van der Waals surface area contributed by atoms with Crippen LogP contribution < -0.4 is 10.1 Å². The van der Waals surface area contributed by atoms with Crippen molar-refractivity contribution in [1.82, 2.24) is 5.32 Å². The molecule has 0 heterocycles. The summed E-state index contributed by atoms with van der Waals surface area (Å²) in [6.45, 7) is -0.455. The summed E-state index contributed by atoms with van der Waals surface area (Å²) >= 11 is 8.94. The molecule has 1 atom stereocenters. The zero-order valence-corrected chi connectivity index (χ0v) is 12.8. The van der Waals surface area contributed by atoms with Crippen LogP contribution >= 0.6 is 27.5 Å². The standard InChI is InChI=1S/C12H11BrClNO6/c13-7-3-6(14)1-2-9(7)21-5-10(16)15-8(12(19)20)4-11(17)18/h1-3,8H,4-5H2,(H,15,16)(H,17,18)(H,19,20)/t8-/m1/s1. The number of benzene rings is 1. The van der Waals surface area contributed by atoms with Crippen molar-refractivity contribution in [3.8, 4) is 5.75 Å². The number of carboxylic acids is 2. The highest BCUT2D eigenvalue weighted by Gasteiger charge is 2.23. The average Bonchev–Trinajstić information content (AvgIpc) is 2.36. The lowest BCUT2D eigenvalue weighted by atomic mass is 10.2. The monoisotopic (exact) mass is 379 g/mol. The number of nitrogens with one attached hydrogen (secondary N) is 1. The third-order valence-corrected chi connectivity index (χ3v) is 3.12. The van der Waals surface area contributed by atoms with E-state index in [1.807, 2.05) is 0 Å². The topological polar surface area (TPSA) is 113 Å². The van der Waals surface area contributed by atoms with Crippen LogP contribution in [0.4, 0.5) is 0 Å². The Bertz CT molecular complexity index is 565. The number of halogens is 2. The highest BCUT2D eigenvalue weighted by atomic mass is 79.9. The largest absolute Gasteiger partial charge is 0.483 e. The number of carbonyl (C=O) groups is 3. The zero-order valence-electron chi connectivity index (χ0n) is 10.5. The number of aliphatic carboxylic acids is 2. The molecule has 0 aliphatic heterocycles. The molecule has 21 heavy (non-hydrogen) atoms. The Balaban J connectivity index is 2.56. The molecule has 0 saturated carbocycles. The maximum Gasteiger partial charge on any atom is 0.326 e. The molecule has 0 saturated heterocycles. The van der Waals surface area contributed by atoms with Gasteiger partial charge in [0.2, 0.25) is 0 Å². The van der Waals surface area contributed by atoms with Gasteiger partial charge >= 0.3 is 11.9 Å². The fourth-order valence-corrected chi connectivity index (χ4v) is 2.14. The van der Waals surface area contributed by atoms with Crippen molar-refractivity contribution in [2.24, 2.45) is 0 Å². The molecule has 3 N–H and O–H groups in total. The second-order valence-corrected chi connectivity index (χ2v) is 5.21. The Kier molecular flexibility index (Phi) is 6.44. The second kappa shape index (κ2) is 7.84. The molecule has 0 unspecified atom stereocenters. The average molecular weight is 381 g/mol. The summed E-state index contributed by atoms with van der Waals surface area (Å²) < 4.78 is 5.71. The molecule has 1 rings (SSSR count). The molecule has 1 aromatic rings. The second-order valence-electron chi connectivity index (χ2n) is 3.92. The van der Waals surface area contributed by atoms with Crippen LogP contribution in [0.3, 0.4) is 0 Å². The Morgan fingerprint density at radius 1 is 1.33 bits per heavy atom. The molecule has 0 aromatic heterocycles. The molecule has 7 nitrogen and oxygen atoms in total. The van der Waals surface area contributed by atoms with Gasteiger partial charge < -0.3 is 20.3 Å². The Morgan fingerprint density at radius 3 is 2.52 bits per heavy atom. The van der Waals surface area contributed by atoms with Gasteiger partial charge in [0.25, 0.3) is 5.91 Å². The molecule has 114 valence electrons. The molecule has 1 aromatic carbocycles. The minimum atomic E-state index is -1.51. The molecule has 0 spiro atoms. The Hall–Kier alpha value is -1.80. The van der Waals surface area contributed by atoms with E-state index < -0.39 is 36.9 Å². The van der Waals surface area contributed by atoms with E-state index in [0.717, 1.165) is 0 Å². The lowest BCUT2D eigenvalue weighted by molar-refractivity contribution is -0.147. The number of amides is 1. The SMILES string of the molecule is O=C(O)C[C@@H](NC(=O)COc1ccc(Cl)cc1Br)C(=O)O. The van der Waals surface area contributed by atoms with Crippen molar-refractivity contribution >= 4 is 45.4 Å². The van der Waals surface area contributed by atoms with Crippen molar-refractivity contribution in [2.75, 3.05) is 6.61 Å². The van der Waals surface area contributed by atoms with Gasteiger partial charge in [-0.2, -0.15) is 0 Å². The lowest BCUT2D eigenvalue weighted by Gasteiger charge is -2.13. The molecule has 0 radical (unpaired) electrons. The predicted molar refractivity (Wildman–Crippen MR) is 76.5 cm³/mol. The summed E-state index contributed by atoms with van der Waals surface area (Å²) in [7, 11) is 0. The van der Waals surface area contributed by atoms with Gasteiger partial charge in [0.1, 0.15) is 11.8 Å². The van der Waals surface area contributed by atoms with Crippen LogP contribution in [0, 0.1) is 0 Å². The van der Waals surface area contributed by atoms with Crippen molar-refractivity contribution in [2.45, 2.75) is 12.5 Å². The van der Waals surface area contributed by atoms with E-state index >= 15 is 0 Å². The third-order valence-electron chi connectivity index (χ3n) is 2.26. The first kappa shape index (κ1) is 17.3. The number of hydrogen-bond donors (Lipinski definition) is 3. The maximum atomic E-state index is 11.6. The van der Waals surface area contributed by atoms with Crippen LogP contribution in [-0.2, 0) is 14.4 Å². The quantitative estimate of drug-likeness (QED) is 0.661. The van der Waals surface area contributed by atoms with E-state index in [0.29, 0.717) is 15.2 Å². The number of ether oxygens (including phenoxy) is 1. The summed E-state index contributed by atoms with van der Waals surface area (Å²) in [5.41, 5.74) is 0. The van der Waals surface area contributed by atoms with Crippen LogP contribution in [0.5, 0.6) is 5.75 Å². The van der Waals surface area contributed by atoms with Crippen molar-refractivity contribution in [3.63, 3.8) is 0 Å². The van der Waals surface area contributed by atoms with Gasteiger partial charge in [-0.3, -0.25) is 9.59 Å². The first-order valence-corrected chi connectivity index (χ1v) is 6.78. The van der Waals surface area contributed by atoms with Gasteiger partial charge in [0, 0.05) is 5.02 Å². The molecule has 1 amide bonds. The van der Waals surface area contributed by atoms with E-state index in [2.05, 4.69) is 21.2 Å². The molecule has 9 heteroatoms. The first-order valence-electron chi connectivity index (χ1n) is 5.61. The van der Waals surface area contributed by atoms with Gasteiger partial charge in [0.05, 0.1) is 10.9 Å². The van der Waals surface area contributed by atoms with Gasteiger partial charge in [-0.25, -0.2) is 4.79 Å². The van der Waals surface area contributed by atoms with Crippen LogP contribution in [0.2, 0.25) is 5.02 Å². The molecular weight excluding hydrogens is 369 g/mol. The van der Waals surface area contributed by atoms with Gasteiger partial charge in [0.15, 0.2) is 6.61 Å². The summed E-state index contributed by atoms with van der Waals surface area (Å²) in [5.74, 6) is -3.16. The van der Waals surface area contributed by atoms with Gasteiger partial charge in [-0.05, 0) is 34.1 Å². The van der Waals surface area contributed by atoms with Crippen molar-refractivity contribution in [3.05, 3.63) is 27.7 Å². The smallest absolute Gasteiger partial charge is 0.326 e. The van der Waals surface area contributed by atoms with Crippen LogP contribution in [-0.4, -0.2) is 40.7 Å². The van der Waals surface area contributed by atoms with Crippen molar-refractivity contribution < 1.29 is 29.3 Å². The zero-order chi connectivity index (χ0) is 16.0. The van der Waals surface area contributed by atoms with Gasteiger partial charge in [-0.1, -0.05) is 11.6 Å². The van der Waals surface area contributed by atoms with E-state index in [1.165, 1.54) is 6.07 Å². The summed E-state index contributed by atoms with van der Waals surface area (Å²) in [5, 5.41) is 19.9. The van der Waals surface area contributed by atoms with E-state index in [4.69, 9.17) is 26.6 Å². The summed E-state index contributed by atoms with van der Waals surface area (Å²) in [6.07, 6.45) is -0.717. The van der Waals surface area contributed by atoms with Crippen LogP contribution in [0.1, 0.15) is 6.42 Å². The van der Waals surface area contributed by atoms with E-state index in [9.17, 15) is 14.4 Å². The number of carboxylic acid groups (broad SMARTS) is 2. The highest BCUT2D eigenvalue weighted by Crippen LogP contribution is 2.27. The Morgan fingerprint density at radius 2 is 2.00 bits per heavy atom. The number of hydrogen-bond acceptors (Lipinski definition) is 4. The minimum Gasteiger partial charge on any atom is -0.483 e. The first-order chi connectivity index (χ1) is 9.79. The number of rotatable bonds is 7. The van der Waals surface area contributed by atoms with Gasteiger partial charge in [-0.15, -0.1) is 0 Å². The lowest BCUT2D eigenvalue weighted by Crippen LogP contribution is -2.44.